The third-order valence-corrected chi connectivity index (χ3v) is 3.59. The molecule has 0 bridgehead atoms. The van der Waals surface area contributed by atoms with Crippen LogP contribution in [0.15, 0.2) is 23.1 Å². The van der Waals surface area contributed by atoms with E-state index in [9.17, 15) is 4.79 Å². The second-order valence-corrected chi connectivity index (χ2v) is 5.23. The van der Waals surface area contributed by atoms with E-state index >= 15 is 0 Å². The molecule has 0 aliphatic carbocycles. The highest BCUT2D eigenvalue weighted by atomic mass is 35.5. The molecular formula is C10H10ClNOS. The number of benzene rings is 1. The number of carbonyl (C=O) groups excluding carboxylic acids is 1. The van der Waals surface area contributed by atoms with Gasteiger partial charge in [0.2, 0.25) is 5.12 Å². The lowest BCUT2D eigenvalue weighted by Crippen LogP contribution is -2.40. The van der Waals surface area contributed by atoms with Gasteiger partial charge in [0.25, 0.3) is 0 Å². The second kappa shape index (κ2) is 3.17. The molecule has 1 aromatic carbocycles. The van der Waals surface area contributed by atoms with E-state index in [0.717, 1.165) is 10.6 Å². The molecule has 0 unspecified atom stereocenters. The van der Waals surface area contributed by atoms with Crippen molar-refractivity contribution in [1.82, 2.24) is 0 Å². The van der Waals surface area contributed by atoms with Gasteiger partial charge < -0.3 is 5.32 Å². The van der Waals surface area contributed by atoms with E-state index in [0.29, 0.717) is 5.02 Å². The van der Waals surface area contributed by atoms with Crippen LogP contribution in [-0.2, 0) is 4.79 Å². The van der Waals surface area contributed by atoms with E-state index in [1.165, 1.54) is 11.8 Å². The Labute approximate surface area is 92.0 Å². The number of hydrogen-bond acceptors (Lipinski definition) is 3. The first kappa shape index (κ1) is 9.87. The summed E-state index contributed by atoms with van der Waals surface area (Å²) in [5, 5.41) is 3.96. The van der Waals surface area contributed by atoms with Crippen molar-refractivity contribution < 1.29 is 4.79 Å². The predicted molar refractivity (Wildman–Crippen MR) is 60.0 cm³/mol. The standard InChI is InChI=1S/C10H10ClNOS/c1-10(2)9(13)14-8-5-6(11)3-4-7(8)12-10/h3-5,12H,1-2H3. The Morgan fingerprint density at radius 3 is 2.86 bits per heavy atom. The molecule has 4 heteroatoms. The quantitative estimate of drug-likeness (QED) is 0.738. The Morgan fingerprint density at radius 1 is 1.43 bits per heavy atom. The van der Waals surface area contributed by atoms with Crippen LogP contribution in [0.1, 0.15) is 13.8 Å². The Hall–Kier alpha value is -0.670. The molecule has 1 aliphatic heterocycles. The summed E-state index contributed by atoms with van der Waals surface area (Å²) in [6.07, 6.45) is 0. The molecular weight excluding hydrogens is 218 g/mol. The van der Waals surface area contributed by atoms with E-state index in [-0.39, 0.29) is 5.12 Å². The third-order valence-electron chi connectivity index (χ3n) is 2.10. The first-order valence-corrected chi connectivity index (χ1v) is 5.48. The lowest BCUT2D eigenvalue weighted by Gasteiger charge is -2.31. The van der Waals surface area contributed by atoms with Gasteiger partial charge in [-0.25, -0.2) is 0 Å². The van der Waals surface area contributed by atoms with Crippen molar-refractivity contribution in [2.75, 3.05) is 5.32 Å². The lowest BCUT2D eigenvalue weighted by atomic mass is 10.1. The SMILES string of the molecule is CC1(C)Nc2ccc(Cl)cc2SC1=O. The van der Waals surface area contributed by atoms with Crippen LogP contribution in [0.25, 0.3) is 0 Å². The Kier molecular flexibility index (Phi) is 2.24. The zero-order valence-corrected chi connectivity index (χ0v) is 9.50. The summed E-state index contributed by atoms with van der Waals surface area (Å²) in [6.45, 7) is 3.75. The zero-order chi connectivity index (χ0) is 10.3. The topological polar surface area (TPSA) is 29.1 Å². The van der Waals surface area contributed by atoms with Crippen LogP contribution < -0.4 is 5.32 Å². The molecule has 0 aromatic heterocycles. The van der Waals surface area contributed by atoms with Crippen molar-refractivity contribution in [3.05, 3.63) is 23.2 Å². The summed E-state index contributed by atoms with van der Waals surface area (Å²) >= 11 is 7.09. The summed E-state index contributed by atoms with van der Waals surface area (Å²) in [4.78, 5) is 12.6. The van der Waals surface area contributed by atoms with Crippen molar-refractivity contribution in [3.8, 4) is 0 Å². The number of rotatable bonds is 0. The highest BCUT2D eigenvalue weighted by molar-refractivity contribution is 8.14. The van der Waals surface area contributed by atoms with Gasteiger partial charge in [-0.05, 0) is 43.8 Å². The van der Waals surface area contributed by atoms with E-state index in [1.807, 2.05) is 32.0 Å². The fourth-order valence-corrected chi connectivity index (χ4v) is 2.46. The molecule has 74 valence electrons. The fraction of sp³-hybridized carbons (Fsp3) is 0.300. The van der Waals surface area contributed by atoms with Crippen molar-refractivity contribution in [2.45, 2.75) is 24.3 Å². The predicted octanol–water partition coefficient (Wildman–Crippen LogP) is 3.16. The Balaban J connectivity index is 2.46. The molecule has 2 nitrogen and oxygen atoms in total. The summed E-state index contributed by atoms with van der Waals surface area (Å²) in [6, 6.07) is 5.53. The molecule has 1 aliphatic rings. The monoisotopic (exact) mass is 227 g/mol. The fourth-order valence-electron chi connectivity index (χ4n) is 1.30. The average molecular weight is 228 g/mol. The van der Waals surface area contributed by atoms with Crippen molar-refractivity contribution in [3.63, 3.8) is 0 Å². The van der Waals surface area contributed by atoms with E-state index in [2.05, 4.69) is 5.32 Å². The lowest BCUT2D eigenvalue weighted by molar-refractivity contribution is -0.114. The smallest absolute Gasteiger partial charge is 0.218 e. The van der Waals surface area contributed by atoms with Crippen LogP contribution in [-0.4, -0.2) is 10.7 Å². The number of nitrogens with one attached hydrogen (secondary N) is 1. The number of thioether (sulfide) groups is 1. The van der Waals surface area contributed by atoms with E-state index in [1.54, 1.807) is 0 Å². The van der Waals surface area contributed by atoms with Crippen LogP contribution in [0.5, 0.6) is 0 Å². The second-order valence-electron chi connectivity index (χ2n) is 3.78. The van der Waals surface area contributed by atoms with Gasteiger partial charge in [-0.1, -0.05) is 11.6 Å². The van der Waals surface area contributed by atoms with Crippen LogP contribution >= 0.6 is 23.4 Å². The largest absolute Gasteiger partial charge is 0.372 e. The molecule has 2 rings (SSSR count). The van der Waals surface area contributed by atoms with E-state index in [4.69, 9.17) is 11.6 Å². The van der Waals surface area contributed by atoms with Crippen LogP contribution in [0.4, 0.5) is 5.69 Å². The number of carbonyl (C=O) groups is 1. The maximum Gasteiger partial charge on any atom is 0.218 e. The minimum atomic E-state index is -0.495. The molecule has 0 amide bonds. The number of hydrogen-bond donors (Lipinski definition) is 1. The highest BCUT2D eigenvalue weighted by Crippen LogP contribution is 2.39. The number of anilines is 1. The molecule has 0 spiro atoms. The molecule has 14 heavy (non-hydrogen) atoms. The molecule has 1 heterocycles. The van der Waals surface area contributed by atoms with Gasteiger partial charge >= 0.3 is 0 Å². The average Bonchev–Trinajstić information content (AvgIpc) is 2.08. The minimum absolute atomic E-state index is 0.118. The van der Waals surface area contributed by atoms with E-state index < -0.39 is 5.54 Å². The summed E-state index contributed by atoms with van der Waals surface area (Å²) in [5.41, 5.74) is 0.481. The van der Waals surface area contributed by atoms with Gasteiger partial charge in [-0.2, -0.15) is 0 Å². The number of halogens is 1. The summed E-state index contributed by atoms with van der Waals surface area (Å²) < 4.78 is 0. The first-order chi connectivity index (χ1) is 6.49. The van der Waals surface area contributed by atoms with Gasteiger partial charge in [-0.3, -0.25) is 4.79 Å². The third kappa shape index (κ3) is 1.62. The minimum Gasteiger partial charge on any atom is -0.372 e. The zero-order valence-electron chi connectivity index (χ0n) is 7.93. The summed E-state index contributed by atoms with van der Waals surface area (Å²) in [5.74, 6) is 0. The molecule has 0 saturated carbocycles. The number of fused-ring (bicyclic) bond motifs is 1. The van der Waals surface area contributed by atoms with Gasteiger partial charge in [-0.15, -0.1) is 0 Å². The van der Waals surface area contributed by atoms with Crippen molar-refractivity contribution in [2.24, 2.45) is 0 Å². The summed E-state index contributed by atoms with van der Waals surface area (Å²) in [7, 11) is 0. The van der Waals surface area contributed by atoms with Crippen molar-refractivity contribution >= 4 is 34.2 Å². The van der Waals surface area contributed by atoms with Crippen molar-refractivity contribution in [1.29, 1.82) is 0 Å². The molecule has 0 saturated heterocycles. The molecule has 1 aromatic rings. The van der Waals surface area contributed by atoms with Crippen LogP contribution in [0.3, 0.4) is 0 Å². The van der Waals surface area contributed by atoms with Gasteiger partial charge in [0.15, 0.2) is 0 Å². The molecule has 1 N–H and O–H groups in total. The Morgan fingerprint density at radius 2 is 2.14 bits per heavy atom. The maximum absolute atomic E-state index is 11.6. The Bertz CT molecular complexity index is 403. The molecule has 0 radical (unpaired) electrons. The van der Waals surface area contributed by atoms with Crippen LogP contribution in [0.2, 0.25) is 5.02 Å². The van der Waals surface area contributed by atoms with Gasteiger partial charge in [0, 0.05) is 15.6 Å². The molecule has 0 atom stereocenters. The maximum atomic E-state index is 11.6. The van der Waals surface area contributed by atoms with Crippen LogP contribution in [0, 0.1) is 0 Å². The normalized spacial score (nSPS) is 18.6. The molecule has 0 fully saturated rings. The first-order valence-electron chi connectivity index (χ1n) is 4.29. The van der Waals surface area contributed by atoms with Gasteiger partial charge in [0.1, 0.15) is 5.54 Å². The van der Waals surface area contributed by atoms with Gasteiger partial charge in [0.05, 0.1) is 0 Å². The highest BCUT2D eigenvalue weighted by Gasteiger charge is 2.33.